The lowest BCUT2D eigenvalue weighted by molar-refractivity contribution is -0.156. The fourth-order valence-corrected chi connectivity index (χ4v) is 2.59. The largest absolute Gasteiger partial charge is 0.479 e. The van der Waals surface area contributed by atoms with E-state index in [2.05, 4.69) is 15.4 Å². The number of benzene rings is 1. The van der Waals surface area contributed by atoms with Gasteiger partial charge in [-0.05, 0) is 37.6 Å². The molecule has 0 spiro atoms. The van der Waals surface area contributed by atoms with E-state index in [-0.39, 0.29) is 6.10 Å². The number of hydrogen-bond donors (Lipinski definition) is 2. The zero-order valence-corrected chi connectivity index (χ0v) is 16.3. The molecule has 0 radical (unpaired) electrons. The molecule has 1 aromatic carbocycles. The second-order valence-corrected chi connectivity index (χ2v) is 6.55. The number of aliphatic carboxylic acids is 1. The van der Waals surface area contributed by atoms with Crippen LogP contribution in [-0.2, 0) is 21.4 Å². The van der Waals surface area contributed by atoms with E-state index in [4.69, 9.17) is 9.47 Å². The van der Waals surface area contributed by atoms with Crippen molar-refractivity contribution in [2.24, 2.45) is 7.05 Å². The van der Waals surface area contributed by atoms with Crippen LogP contribution in [0, 0.1) is 0 Å². The molecule has 2 heterocycles. The van der Waals surface area contributed by atoms with Crippen LogP contribution >= 0.6 is 0 Å². The van der Waals surface area contributed by atoms with Crippen molar-refractivity contribution in [3.63, 3.8) is 0 Å². The molecule has 0 aliphatic carbocycles. The minimum absolute atomic E-state index is 0.327. The van der Waals surface area contributed by atoms with Crippen molar-refractivity contribution >= 4 is 28.5 Å². The number of aromatic nitrogens is 3. The van der Waals surface area contributed by atoms with E-state index in [1.807, 2.05) is 32.2 Å². The van der Waals surface area contributed by atoms with Crippen molar-refractivity contribution in [1.82, 2.24) is 14.8 Å². The van der Waals surface area contributed by atoms with Crippen molar-refractivity contribution < 1.29 is 24.2 Å². The Morgan fingerprint density at radius 3 is 2.69 bits per heavy atom. The third kappa shape index (κ3) is 4.81. The highest BCUT2D eigenvalue weighted by molar-refractivity contribution is 6.01. The Morgan fingerprint density at radius 2 is 2.03 bits per heavy atom. The molecule has 0 aliphatic rings. The van der Waals surface area contributed by atoms with Crippen LogP contribution in [0.3, 0.4) is 0 Å². The zero-order chi connectivity index (χ0) is 21.0. The summed E-state index contributed by atoms with van der Waals surface area (Å²) in [6.45, 7) is 3.54. The quantitative estimate of drug-likeness (QED) is 0.439. The number of carbonyl (C=O) groups excluding carboxylic acids is 1. The Balaban J connectivity index is 1.67. The second-order valence-electron chi connectivity index (χ2n) is 6.55. The van der Waals surface area contributed by atoms with Crippen LogP contribution in [0.1, 0.15) is 20.3 Å². The summed E-state index contributed by atoms with van der Waals surface area (Å²) in [5, 5.41) is 17.1. The van der Waals surface area contributed by atoms with Crippen LogP contribution < -0.4 is 10.1 Å². The van der Waals surface area contributed by atoms with Crippen LogP contribution in [0.4, 0.5) is 5.69 Å². The summed E-state index contributed by atoms with van der Waals surface area (Å²) in [7, 11) is 1.86. The minimum Gasteiger partial charge on any atom is -0.479 e. The normalized spacial score (nSPS) is 12.9. The molecule has 0 fully saturated rings. The number of esters is 1. The number of ether oxygens (including phenoxy) is 2. The number of hydrogen-bond acceptors (Lipinski definition) is 7. The van der Waals surface area contributed by atoms with Crippen LogP contribution in [0.15, 0.2) is 42.7 Å². The first-order valence-electron chi connectivity index (χ1n) is 9.13. The molecule has 0 saturated carbocycles. The van der Waals surface area contributed by atoms with Gasteiger partial charge in [0.05, 0.1) is 29.7 Å². The summed E-state index contributed by atoms with van der Waals surface area (Å²) in [4.78, 5) is 27.6. The molecule has 9 heteroatoms. The molecule has 2 N–H and O–H groups in total. The Labute approximate surface area is 167 Å². The van der Waals surface area contributed by atoms with E-state index in [1.54, 1.807) is 29.9 Å². The van der Waals surface area contributed by atoms with Crippen molar-refractivity contribution in [1.29, 1.82) is 0 Å². The molecule has 9 nitrogen and oxygen atoms in total. The van der Waals surface area contributed by atoms with Crippen LogP contribution in [0.25, 0.3) is 10.9 Å². The number of nitrogens with one attached hydrogen (secondary N) is 1. The highest BCUT2D eigenvalue weighted by Crippen LogP contribution is 2.25. The lowest BCUT2D eigenvalue weighted by Crippen LogP contribution is -2.40. The number of carboxylic acids is 1. The molecule has 3 aromatic rings. The molecule has 0 aliphatic heterocycles. The summed E-state index contributed by atoms with van der Waals surface area (Å²) in [5.74, 6) is -1.26. The Hall–Kier alpha value is -3.62. The van der Waals surface area contributed by atoms with Crippen molar-refractivity contribution in [2.45, 2.75) is 32.4 Å². The van der Waals surface area contributed by atoms with E-state index >= 15 is 0 Å². The number of anilines is 1. The number of carbonyl (C=O) groups is 2. The fraction of sp³-hybridized carbons (Fsp3) is 0.300. The summed E-state index contributed by atoms with van der Waals surface area (Å²) >= 11 is 0. The molecule has 0 amide bonds. The predicted octanol–water partition coefficient (Wildman–Crippen LogP) is 2.97. The molecule has 0 saturated heterocycles. The van der Waals surface area contributed by atoms with E-state index in [1.165, 1.54) is 6.20 Å². The van der Waals surface area contributed by atoms with Gasteiger partial charge in [0, 0.05) is 18.5 Å². The van der Waals surface area contributed by atoms with Crippen LogP contribution in [0.5, 0.6) is 11.6 Å². The zero-order valence-electron chi connectivity index (χ0n) is 16.3. The number of fused-ring (bicyclic) bond motifs is 1. The van der Waals surface area contributed by atoms with E-state index in [0.29, 0.717) is 23.7 Å². The van der Waals surface area contributed by atoms with Gasteiger partial charge in [-0.15, -0.1) is 0 Å². The average Bonchev–Trinajstić information content (AvgIpc) is 3.07. The standard InChI is InChI=1S/C20H22N4O5/c1-4-12(2)28-20(27)18(19(25)26)23-14-5-8-17(21-11-14)29-15-6-7-16-13(9-15)10-22-24(16)3/h5-12,18,23H,4H2,1-3H3,(H,25,26). The lowest BCUT2D eigenvalue weighted by Gasteiger charge is -2.17. The van der Waals surface area contributed by atoms with E-state index in [0.717, 1.165) is 10.9 Å². The maximum absolute atomic E-state index is 12.1. The van der Waals surface area contributed by atoms with Crippen molar-refractivity contribution in [2.75, 3.05) is 5.32 Å². The molecule has 152 valence electrons. The lowest BCUT2D eigenvalue weighted by atomic mass is 10.2. The highest BCUT2D eigenvalue weighted by atomic mass is 16.5. The first-order chi connectivity index (χ1) is 13.9. The molecule has 29 heavy (non-hydrogen) atoms. The van der Waals surface area contributed by atoms with Crippen LogP contribution in [-0.4, -0.2) is 44.0 Å². The number of pyridine rings is 1. The van der Waals surface area contributed by atoms with E-state index < -0.39 is 18.0 Å². The van der Waals surface area contributed by atoms with Gasteiger partial charge in [-0.2, -0.15) is 5.10 Å². The number of aryl methyl sites for hydroxylation is 1. The van der Waals surface area contributed by atoms with Crippen LogP contribution in [0.2, 0.25) is 0 Å². The molecule has 0 bridgehead atoms. The van der Waals surface area contributed by atoms with Gasteiger partial charge in [0.15, 0.2) is 0 Å². The molecule has 3 rings (SSSR count). The summed E-state index contributed by atoms with van der Waals surface area (Å²) in [6, 6.07) is 7.19. The van der Waals surface area contributed by atoms with Gasteiger partial charge in [-0.3, -0.25) is 4.68 Å². The molecule has 2 atom stereocenters. The Kier molecular flexibility index (Phi) is 5.96. The summed E-state index contributed by atoms with van der Waals surface area (Å²) in [6.07, 6.45) is 3.37. The first-order valence-corrected chi connectivity index (χ1v) is 9.13. The van der Waals surface area contributed by atoms with Gasteiger partial charge in [0.1, 0.15) is 5.75 Å². The average molecular weight is 398 g/mol. The highest BCUT2D eigenvalue weighted by Gasteiger charge is 2.29. The van der Waals surface area contributed by atoms with Gasteiger partial charge >= 0.3 is 11.9 Å². The second kappa shape index (κ2) is 8.59. The molecular formula is C20H22N4O5. The predicted molar refractivity (Wildman–Crippen MR) is 106 cm³/mol. The van der Waals surface area contributed by atoms with Crippen molar-refractivity contribution in [3.05, 3.63) is 42.7 Å². The SMILES string of the molecule is CCC(C)OC(=O)C(Nc1ccc(Oc2ccc3c(cnn3C)c2)nc1)C(=O)O. The first kappa shape index (κ1) is 20.1. The van der Waals surface area contributed by atoms with Gasteiger partial charge in [-0.25, -0.2) is 14.6 Å². The number of carboxylic acid groups (broad SMARTS) is 1. The van der Waals surface area contributed by atoms with Gasteiger partial charge in [-0.1, -0.05) is 6.92 Å². The minimum atomic E-state index is -1.52. The maximum atomic E-state index is 12.1. The van der Waals surface area contributed by atoms with Gasteiger partial charge in [0.2, 0.25) is 11.9 Å². The molecule has 2 aromatic heterocycles. The topological polar surface area (TPSA) is 116 Å². The van der Waals surface area contributed by atoms with Crippen molar-refractivity contribution in [3.8, 4) is 11.6 Å². The van der Waals surface area contributed by atoms with Gasteiger partial charge < -0.3 is 19.9 Å². The number of nitrogens with zero attached hydrogens (tertiary/aromatic N) is 3. The van der Waals surface area contributed by atoms with E-state index in [9.17, 15) is 14.7 Å². The third-order valence-electron chi connectivity index (χ3n) is 4.36. The smallest absolute Gasteiger partial charge is 0.340 e. The molecule has 2 unspecified atom stereocenters. The maximum Gasteiger partial charge on any atom is 0.340 e. The summed E-state index contributed by atoms with van der Waals surface area (Å²) < 4.78 is 12.6. The Bertz CT molecular complexity index is 1020. The van der Waals surface area contributed by atoms with Gasteiger partial charge in [0.25, 0.3) is 0 Å². The molecular weight excluding hydrogens is 376 g/mol. The Morgan fingerprint density at radius 1 is 1.24 bits per heavy atom. The number of rotatable bonds is 8. The summed E-state index contributed by atoms with van der Waals surface area (Å²) in [5.41, 5.74) is 1.34. The monoisotopic (exact) mass is 398 g/mol. The third-order valence-corrected chi connectivity index (χ3v) is 4.36. The fourth-order valence-electron chi connectivity index (χ4n) is 2.59.